The molecule has 4 aliphatic rings. The van der Waals surface area contributed by atoms with E-state index in [4.69, 9.17) is 19.4 Å². The van der Waals surface area contributed by atoms with Crippen LogP contribution in [0.15, 0.2) is 54.3 Å². The van der Waals surface area contributed by atoms with Gasteiger partial charge in [0.1, 0.15) is 19.0 Å². The Kier molecular flexibility index (Phi) is 9.87. The summed E-state index contributed by atoms with van der Waals surface area (Å²) in [6.07, 6.45) is 2.52. The Hall–Kier alpha value is -4.31. The molecule has 6 rings (SSSR count). The molecule has 2 unspecified atom stereocenters. The Morgan fingerprint density at radius 2 is 1.91 bits per heavy atom. The quantitative estimate of drug-likeness (QED) is 0.388. The third-order valence-electron chi connectivity index (χ3n) is 9.54. The maximum absolute atomic E-state index is 14.0. The van der Waals surface area contributed by atoms with E-state index in [2.05, 4.69) is 22.9 Å². The SMILES string of the molecule is CN1CCC[C@H]1COc1nc2c(c(N3CCN(C(=O)OCc4ccccc4)C(CC#N)C3)n1)CCN(C1=CC=CCC1C(F)(F)F)C2. The molecule has 4 heterocycles. The van der Waals surface area contributed by atoms with Crippen molar-refractivity contribution in [2.24, 2.45) is 5.92 Å². The maximum Gasteiger partial charge on any atom is 0.410 e. The number of alkyl halides is 3. The summed E-state index contributed by atoms with van der Waals surface area (Å²) in [4.78, 5) is 30.4. The molecule has 1 aromatic heterocycles. The first-order valence-electron chi connectivity index (χ1n) is 16.2. The van der Waals surface area contributed by atoms with Gasteiger partial charge in [-0.1, -0.05) is 42.5 Å². The van der Waals surface area contributed by atoms with Crippen LogP contribution in [0.3, 0.4) is 0 Å². The third-order valence-corrected chi connectivity index (χ3v) is 9.54. The number of amides is 1. The van der Waals surface area contributed by atoms with Crippen molar-refractivity contribution in [2.75, 3.05) is 51.3 Å². The van der Waals surface area contributed by atoms with Crippen molar-refractivity contribution in [3.8, 4) is 12.1 Å². The summed E-state index contributed by atoms with van der Waals surface area (Å²) in [6, 6.07) is 11.6. The number of anilines is 1. The van der Waals surface area contributed by atoms with Gasteiger partial charge < -0.3 is 29.1 Å². The fourth-order valence-electron chi connectivity index (χ4n) is 6.91. The van der Waals surface area contributed by atoms with Crippen LogP contribution in [0.25, 0.3) is 0 Å². The van der Waals surface area contributed by atoms with E-state index in [0.717, 1.165) is 30.5 Å². The molecule has 1 aromatic carbocycles. The van der Waals surface area contributed by atoms with Crippen molar-refractivity contribution in [1.29, 1.82) is 5.26 Å². The van der Waals surface area contributed by atoms with Crippen LogP contribution in [0.1, 0.15) is 42.5 Å². The van der Waals surface area contributed by atoms with Gasteiger partial charge >= 0.3 is 18.3 Å². The van der Waals surface area contributed by atoms with Crippen LogP contribution < -0.4 is 9.64 Å². The molecule has 3 aliphatic heterocycles. The number of carbonyl (C=O) groups is 1. The van der Waals surface area contributed by atoms with Crippen LogP contribution in [0.5, 0.6) is 6.01 Å². The molecule has 0 bridgehead atoms. The van der Waals surface area contributed by atoms with Gasteiger partial charge in [-0.05, 0) is 50.9 Å². The van der Waals surface area contributed by atoms with Crippen molar-refractivity contribution in [3.63, 3.8) is 0 Å². The minimum atomic E-state index is -4.35. The van der Waals surface area contributed by atoms with Crippen molar-refractivity contribution in [2.45, 2.75) is 63.5 Å². The summed E-state index contributed by atoms with van der Waals surface area (Å²) in [7, 11) is 2.06. The van der Waals surface area contributed by atoms with E-state index in [1.165, 1.54) is 0 Å². The van der Waals surface area contributed by atoms with Gasteiger partial charge in [0.15, 0.2) is 0 Å². The minimum absolute atomic E-state index is 0.0880. The molecule has 13 heteroatoms. The lowest BCUT2D eigenvalue weighted by molar-refractivity contribution is -0.168. The summed E-state index contributed by atoms with van der Waals surface area (Å²) in [5, 5.41) is 9.65. The van der Waals surface area contributed by atoms with Crippen LogP contribution in [0, 0.1) is 17.2 Å². The zero-order chi connectivity index (χ0) is 33.0. The third kappa shape index (κ3) is 7.48. The number of benzene rings is 1. The Bertz CT molecular complexity index is 1530. The summed E-state index contributed by atoms with van der Waals surface area (Å²) in [6.45, 7) is 3.21. The van der Waals surface area contributed by atoms with Gasteiger partial charge in [-0.3, -0.25) is 0 Å². The monoisotopic (exact) mass is 651 g/mol. The van der Waals surface area contributed by atoms with E-state index in [9.17, 15) is 23.2 Å². The molecule has 250 valence electrons. The van der Waals surface area contributed by atoms with Gasteiger partial charge in [0, 0.05) is 43.5 Å². The number of allylic oxidation sites excluding steroid dienone is 4. The average molecular weight is 652 g/mol. The Morgan fingerprint density at radius 3 is 2.66 bits per heavy atom. The van der Waals surface area contributed by atoms with E-state index < -0.39 is 24.2 Å². The number of nitriles is 1. The number of carbonyl (C=O) groups excluding carboxylic acids is 1. The number of nitrogens with zero attached hydrogens (tertiary/aromatic N) is 7. The molecule has 47 heavy (non-hydrogen) atoms. The standard InChI is InChI=1S/C34H40F3N7O3/c1-41-16-7-10-26(41)23-46-32-39-29-21-42(30-12-6-5-11-28(30)34(35,36)37)17-14-27(29)31(40-32)43-18-19-44(25(20-43)13-15-38)33(45)47-22-24-8-3-2-4-9-24/h2-6,8-9,12,25-26,28H,7,10-11,13-14,16-23H2,1H3/t25?,26-,28?/m0/s1. The lowest BCUT2D eigenvalue weighted by atomic mass is 9.93. The molecule has 0 radical (unpaired) electrons. The second kappa shape index (κ2) is 14.2. The van der Waals surface area contributed by atoms with Crippen LogP contribution in [0.4, 0.5) is 23.8 Å². The lowest BCUT2D eigenvalue weighted by Crippen LogP contribution is -2.55. The number of halogens is 3. The first kappa shape index (κ1) is 32.6. The zero-order valence-corrected chi connectivity index (χ0v) is 26.5. The van der Waals surface area contributed by atoms with E-state index >= 15 is 0 Å². The highest BCUT2D eigenvalue weighted by atomic mass is 19.4. The molecule has 10 nitrogen and oxygen atoms in total. The molecule has 1 aliphatic carbocycles. The zero-order valence-electron chi connectivity index (χ0n) is 26.5. The highest BCUT2D eigenvalue weighted by Crippen LogP contribution is 2.40. The molecule has 3 atom stereocenters. The Morgan fingerprint density at radius 1 is 1.09 bits per heavy atom. The van der Waals surface area contributed by atoms with E-state index in [0.29, 0.717) is 50.7 Å². The number of fused-ring (bicyclic) bond motifs is 1. The second-order valence-corrected chi connectivity index (χ2v) is 12.6. The molecule has 2 saturated heterocycles. The van der Waals surface area contributed by atoms with E-state index in [-0.39, 0.29) is 43.7 Å². The Balaban J connectivity index is 1.24. The van der Waals surface area contributed by atoms with E-state index in [1.54, 1.807) is 28.0 Å². The number of likely N-dealkylation sites (N-methyl/N-ethyl adjacent to an activating group) is 1. The van der Waals surface area contributed by atoms with Crippen LogP contribution in [0.2, 0.25) is 0 Å². The molecule has 2 aromatic rings. The lowest BCUT2D eigenvalue weighted by Gasteiger charge is -2.42. The van der Waals surface area contributed by atoms with Gasteiger partial charge in [0.05, 0.1) is 36.7 Å². The second-order valence-electron chi connectivity index (χ2n) is 12.6. The largest absolute Gasteiger partial charge is 0.462 e. The van der Waals surface area contributed by atoms with Crippen molar-refractivity contribution < 1.29 is 27.4 Å². The molecular weight excluding hydrogens is 611 g/mol. The predicted molar refractivity (Wildman–Crippen MR) is 168 cm³/mol. The highest BCUT2D eigenvalue weighted by Gasteiger charge is 2.44. The summed E-state index contributed by atoms with van der Waals surface area (Å²) in [5.41, 5.74) is 2.61. The number of likely N-dealkylation sites (tertiary alicyclic amines) is 1. The van der Waals surface area contributed by atoms with Crippen LogP contribution in [-0.2, 0) is 24.3 Å². The fraction of sp³-hybridized carbons (Fsp3) is 0.529. The van der Waals surface area contributed by atoms with E-state index in [1.807, 2.05) is 30.3 Å². The maximum atomic E-state index is 14.0. The first-order valence-corrected chi connectivity index (χ1v) is 16.2. The molecular formula is C34H40F3N7O3. The van der Waals surface area contributed by atoms with Crippen molar-refractivity contribution >= 4 is 11.9 Å². The predicted octanol–water partition coefficient (Wildman–Crippen LogP) is 5.07. The molecule has 0 spiro atoms. The molecule has 2 fully saturated rings. The van der Waals surface area contributed by atoms with Gasteiger partial charge in [0.2, 0.25) is 0 Å². The molecule has 0 N–H and O–H groups in total. The Labute approximate surface area is 273 Å². The topological polar surface area (TPSA) is 98.1 Å². The average Bonchev–Trinajstić information content (AvgIpc) is 3.50. The van der Waals surface area contributed by atoms with Crippen molar-refractivity contribution in [3.05, 3.63) is 71.1 Å². The van der Waals surface area contributed by atoms with Gasteiger partial charge in [-0.2, -0.15) is 28.4 Å². The number of hydrogen-bond acceptors (Lipinski definition) is 9. The number of piperazine rings is 1. The summed E-state index contributed by atoms with van der Waals surface area (Å²) < 4.78 is 53.8. The smallest absolute Gasteiger partial charge is 0.410 e. The minimum Gasteiger partial charge on any atom is -0.462 e. The summed E-state index contributed by atoms with van der Waals surface area (Å²) >= 11 is 0. The van der Waals surface area contributed by atoms with Gasteiger partial charge in [0.25, 0.3) is 0 Å². The number of ether oxygens (including phenoxy) is 2. The van der Waals surface area contributed by atoms with Crippen molar-refractivity contribution in [1.82, 2.24) is 24.7 Å². The fourth-order valence-corrected chi connectivity index (χ4v) is 6.91. The summed E-state index contributed by atoms with van der Waals surface area (Å²) in [5.74, 6) is -0.917. The van der Waals surface area contributed by atoms with Gasteiger partial charge in [-0.25, -0.2) is 4.79 Å². The number of aromatic nitrogens is 2. The first-order chi connectivity index (χ1) is 22.7. The molecule has 0 saturated carbocycles. The van der Waals surface area contributed by atoms with Gasteiger partial charge in [-0.15, -0.1) is 0 Å². The molecule has 1 amide bonds. The number of rotatable bonds is 8. The van der Waals surface area contributed by atoms with Crippen LogP contribution >= 0.6 is 0 Å². The normalized spacial score (nSPS) is 23.3. The number of hydrogen-bond donors (Lipinski definition) is 0. The van der Waals surface area contributed by atoms with Crippen LogP contribution in [-0.4, -0.2) is 95.4 Å². The highest BCUT2D eigenvalue weighted by molar-refractivity contribution is 5.69.